The standard InChI is InChI=1S/C25H31N5O7/c1-14(28-23(34)18(26)13-21(27)32)22(33)29-19(11-15-5-3-2-4-6-15)24(35)30-20(25(36)37)12-16-7-9-17(31)10-8-16/h2-10,14,18-20,31H,11-13,26H2,1H3,(H2,27,32)(H,28,34)(H,29,33)(H,30,35)(H,36,37). The highest BCUT2D eigenvalue weighted by Gasteiger charge is 2.29. The number of nitrogens with one attached hydrogen (secondary N) is 3. The van der Waals surface area contributed by atoms with Crippen molar-refractivity contribution in [2.75, 3.05) is 0 Å². The van der Waals surface area contributed by atoms with Crippen LogP contribution in [0.1, 0.15) is 24.5 Å². The van der Waals surface area contributed by atoms with Crippen LogP contribution in [0.3, 0.4) is 0 Å². The molecule has 0 aliphatic heterocycles. The van der Waals surface area contributed by atoms with Crippen molar-refractivity contribution in [1.82, 2.24) is 16.0 Å². The van der Waals surface area contributed by atoms with Gasteiger partial charge in [0.2, 0.25) is 23.6 Å². The molecule has 0 spiro atoms. The zero-order chi connectivity index (χ0) is 27.5. The minimum absolute atomic E-state index is 0.0158. The zero-order valence-corrected chi connectivity index (χ0v) is 20.2. The highest BCUT2D eigenvalue weighted by atomic mass is 16.4. The normalized spacial score (nSPS) is 13.9. The molecule has 0 radical (unpaired) electrons. The fraction of sp³-hybridized carbons (Fsp3) is 0.320. The number of carbonyl (C=O) groups is 5. The third kappa shape index (κ3) is 9.61. The third-order valence-corrected chi connectivity index (χ3v) is 5.42. The molecule has 12 heteroatoms. The Bertz CT molecular complexity index is 1110. The molecule has 2 aromatic rings. The van der Waals surface area contributed by atoms with Gasteiger partial charge in [0, 0.05) is 12.8 Å². The minimum Gasteiger partial charge on any atom is -0.508 e. The highest BCUT2D eigenvalue weighted by molar-refractivity contribution is 5.95. The summed E-state index contributed by atoms with van der Waals surface area (Å²) in [6.07, 6.45) is -0.416. The lowest BCUT2D eigenvalue weighted by Gasteiger charge is -2.24. The van der Waals surface area contributed by atoms with Gasteiger partial charge in [-0.05, 0) is 30.2 Å². The van der Waals surface area contributed by atoms with Gasteiger partial charge in [0.05, 0.1) is 12.5 Å². The fourth-order valence-electron chi connectivity index (χ4n) is 3.39. The molecule has 12 nitrogen and oxygen atoms in total. The van der Waals surface area contributed by atoms with Crippen molar-refractivity contribution in [1.29, 1.82) is 0 Å². The summed E-state index contributed by atoms with van der Waals surface area (Å²) in [5.41, 5.74) is 11.9. The fourth-order valence-corrected chi connectivity index (χ4v) is 3.39. The predicted octanol–water partition coefficient (Wildman–Crippen LogP) is -1.06. The second-order valence-electron chi connectivity index (χ2n) is 8.53. The molecule has 0 bridgehead atoms. The number of aromatic hydroxyl groups is 1. The van der Waals surface area contributed by atoms with E-state index in [9.17, 15) is 34.2 Å². The summed E-state index contributed by atoms with van der Waals surface area (Å²) in [4.78, 5) is 60.9. The lowest BCUT2D eigenvalue weighted by atomic mass is 10.0. The first-order valence-corrected chi connectivity index (χ1v) is 11.5. The van der Waals surface area contributed by atoms with E-state index in [1.807, 2.05) is 0 Å². The van der Waals surface area contributed by atoms with E-state index in [4.69, 9.17) is 11.5 Å². The molecule has 0 fully saturated rings. The van der Waals surface area contributed by atoms with Crippen molar-refractivity contribution in [3.05, 3.63) is 65.7 Å². The van der Waals surface area contributed by atoms with E-state index >= 15 is 0 Å². The maximum absolute atomic E-state index is 13.1. The lowest BCUT2D eigenvalue weighted by Crippen LogP contribution is -2.57. The van der Waals surface area contributed by atoms with Crippen LogP contribution in [0, 0.1) is 0 Å². The first-order valence-electron chi connectivity index (χ1n) is 11.5. The lowest BCUT2D eigenvalue weighted by molar-refractivity contribution is -0.142. The molecule has 0 aliphatic rings. The van der Waals surface area contributed by atoms with Crippen LogP contribution >= 0.6 is 0 Å². The highest BCUT2D eigenvalue weighted by Crippen LogP contribution is 2.12. The van der Waals surface area contributed by atoms with Crippen LogP contribution in [0.4, 0.5) is 0 Å². The Morgan fingerprint density at radius 2 is 1.32 bits per heavy atom. The Kier molecular flexibility index (Phi) is 10.6. The number of phenolic OH excluding ortho intramolecular Hbond substituents is 1. The van der Waals surface area contributed by atoms with Crippen molar-refractivity contribution < 1.29 is 34.2 Å². The number of rotatable bonds is 13. The average Bonchev–Trinajstić information content (AvgIpc) is 2.84. The quantitative estimate of drug-likeness (QED) is 0.175. The molecule has 198 valence electrons. The number of hydrogen-bond donors (Lipinski definition) is 7. The van der Waals surface area contributed by atoms with Crippen LogP contribution in [0.25, 0.3) is 0 Å². The first kappa shape index (κ1) is 28.8. The number of aliphatic carboxylic acids is 1. The average molecular weight is 514 g/mol. The van der Waals surface area contributed by atoms with E-state index in [0.717, 1.165) is 0 Å². The molecule has 4 unspecified atom stereocenters. The minimum atomic E-state index is -1.31. The van der Waals surface area contributed by atoms with Gasteiger partial charge in [-0.3, -0.25) is 19.2 Å². The van der Waals surface area contributed by atoms with Gasteiger partial charge in [-0.25, -0.2) is 4.79 Å². The molecular formula is C25H31N5O7. The Labute approximate surface area is 213 Å². The number of carbonyl (C=O) groups excluding carboxylic acids is 4. The van der Waals surface area contributed by atoms with Crippen LogP contribution in [0.15, 0.2) is 54.6 Å². The van der Waals surface area contributed by atoms with E-state index in [0.29, 0.717) is 11.1 Å². The van der Waals surface area contributed by atoms with E-state index in [2.05, 4.69) is 16.0 Å². The molecule has 0 saturated heterocycles. The van der Waals surface area contributed by atoms with E-state index in [1.54, 1.807) is 30.3 Å². The summed E-state index contributed by atoms with van der Waals surface area (Å²) < 4.78 is 0. The Morgan fingerprint density at radius 1 is 0.784 bits per heavy atom. The van der Waals surface area contributed by atoms with Crippen LogP contribution in [0.5, 0.6) is 5.75 Å². The second-order valence-corrected chi connectivity index (χ2v) is 8.53. The van der Waals surface area contributed by atoms with Crippen molar-refractivity contribution in [3.8, 4) is 5.75 Å². The molecule has 0 heterocycles. The summed E-state index contributed by atoms with van der Waals surface area (Å²) in [5.74, 6) is -4.28. The Hall–Kier alpha value is -4.45. The van der Waals surface area contributed by atoms with Gasteiger partial charge >= 0.3 is 5.97 Å². The number of carboxylic acids is 1. The van der Waals surface area contributed by atoms with Crippen molar-refractivity contribution >= 4 is 29.6 Å². The Balaban J connectivity index is 2.14. The van der Waals surface area contributed by atoms with E-state index < -0.39 is 60.2 Å². The van der Waals surface area contributed by atoms with Gasteiger partial charge in [0.25, 0.3) is 0 Å². The molecule has 0 aliphatic carbocycles. The number of carboxylic acid groups (broad SMARTS) is 1. The van der Waals surface area contributed by atoms with E-state index in [1.165, 1.54) is 31.2 Å². The van der Waals surface area contributed by atoms with Gasteiger partial charge in [0.15, 0.2) is 0 Å². The summed E-state index contributed by atoms with van der Waals surface area (Å²) in [7, 11) is 0. The van der Waals surface area contributed by atoms with Crippen molar-refractivity contribution in [3.63, 3.8) is 0 Å². The maximum atomic E-state index is 13.1. The number of hydrogen-bond acceptors (Lipinski definition) is 7. The summed E-state index contributed by atoms with van der Waals surface area (Å²) >= 11 is 0. The number of phenols is 1. The predicted molar refractivity (Wildman–Crippen MR) is 133 cm³/mol. The molecule has 37 heavy (non-hydrogen) atoms. The van der Waals surface area contributed by atoms with Gasteiger partial charge in [0.1, 0.15) is 23.9 Å². The zero-order valence-electron chi connectivity index (χ0n) is 20.2. The van der Waals surface area contributed by atoms with Crippen LogP contribution in [-0.2, 0) is 36.8 Å². The van der Waals surface area contributed by atoms with Crippen LogP contribution in [-0.4, -0.2) is 64.0 Å². The molecule has 4 atom stereocenters. The third-order valence-electron chi connectivity index (χ3n) is 5.42. The van der Waals surface area contributed by atoms with Crippen LogP contribution in [0.2, 0.25) is 0 Å². The largest absolute Gasteiger partial charge is 0.508 e. The van der Waals surface area contributed by atoms with Crippen LogP contribution < -0.4 is 27.4 Å². The summed E-state index contributed by atoms with van der Waals surface area (Å²) in [5, 5.41) is 26.4. The summed E-state index contributed by atoms with van der Waals surface area (Å²) in [6.45, 7) is 1.37. The summed E-state index contributed by atoms with van der Waals surface area (Å²) in [6, 6.07) is 9.80. The number of nitrogens with two attached hydrogens (primary N) is 2. The SMILES string of the molecule is CC(NC(=O)C(N)CC(N)=O)C(=O)NC(Cc1ccccc1)C(=O)NC(Cc1ccc(O)cc1)C(=O)O. The number of amides is 4. The monoisotopic (exact) mass is 513 g/mol. The van der Waals surface area contributed by atoms with Gasteiger partial charge in [-0.2, -0.15) is 0 Å². The molecule has 0 saturated carbocycles. The van der Waals surface area contributed by atoms with Crippen molar-refractivity contribution in [2.45, 2.75) is 50.4 Å². The van der Waals surface area contributed by atoms with Gasteiger partial charge in [-0.15, -0.1) is 0 Å². The maximum Gasteiger partial charge on any atom is 0.326 e. The molecule has 2 aromatic carbocycles. The molecular weight excluding hydrogens is 482 g/mol. The first-order chi connectivity index (χ1) is 17.5. The Morgan fingerprint density at radius 3 is 1.89 bits per heavy atom. The second kappa shape index (κ2) is 13.6. The van der Waals surface area contributed by atoms with Gasteiger partial charge < -0.3 is 37.6 Å². The van der Waals surface area contributed by atoms with E-state index in [-0.39, 0.29) is 18.6 Å². The smallest absolute Gasteiger partial charge is 0.326 e. The molecule has 2 rings (SSSR count). The molecule has 4 amide bonds. The van der Waals surface area contributed by atoms with Gasteiger partial charge in [-0.1, -0.05) is 42.5 Å². The van der Waals surface area contributed by atoms with Crippen molar-refractivity contribution in [2.24, 2.45) is 11.5 Å². The molecule has 9 N–H and O–H groups in total. The molecule has 0 aromatic heterocycles. The number of primary amides is 1. The topological polar surface area (TPSA) is 214 Å². The number of benzene rings is 2.